The molecular formula is C14H25N3O3. The fourth-order valence-electron chi connectivity index (χ4n) is 2.77. The average Bonchev–Trinajstić information content (AvgIpc) is 2.75. The van der Waals surface area contributed by atoms with Crippen molar-refractivity contribution in [3.05, 3.63) is 0 Å². The van der Waals surface area contributed by atoms with Gasteiger partial charge in [0.1, 0.15) is 0 Å². The SMILES string of the molecule is CN(CC1CCCOC1)C(=O)C(=O)N1CCCNCC1. The first-order chi connectivity index (χ1) is 9.68. The minimum absolute atomic E-state index is 0.358. The highest BCUT2D eigenvalue weighted by Gasteiger charge is 2.27. The molecule has 2 aliphatic rings. The quantitative estimate of drug-likeness (QED) is 0.707. The van der Waals surface area contributed by atoms with Crippen molar-refractivity contribution in [2.45, 2.75) is 19.3 Å². The first-order valence-corrected chi connectivity index (χ1v) is 7.51. The summed E-state index contributed by atoms with van der Waals surface area (Å²) in [6.45, 7) is 5.07. The van der Waals surface area contributed by atoms with Crippen LogP contribution in [0.1, 0.15) is 19.3 Å². The Labute approximate surface area is 120 Å². The number of likely N-dealkylation sites (N-methyl/N-ethyl adjacent to an activating group) is 1. The highest BCUT2D eigenvalue weighted by molar-refractivity contribution is 6.34. The molecular weight excluding hydrogens is 258 g/mol. The number of ether oxygens (including phenoxy) is 1. The van der Waals surface area contributed by atoms with Gasteiger partial charge in [0, 0.05) is 39.8 Å². The van der Waals surface area contributed by atoms with E-state index in [1.54, 1.807) is 16.8 Å². The van der Waals surface area contributed by atoms with Crippen molar-refractivity contribution in [1.82, 2.24) is 15.1 Å². The van der Waals surface area contributed by atoms with Gasteiger partial charge in [-0.05, 0) is 31.7 Å². The van der Waals surface area contributed by atoms with Crippen LogP contribution in [0.15, 0.2) is 0 Å². The third-order valence-corrected chi connectivity index (χ3v) is 3.94. The lowest BCUT2D eigenvalue weighted by Crippen LogP contribution is -2.46. The number of nitrogens with zero attached hydrogens (tertiary/aromatic N) is 2. The van der Waals surface area contributed by atoms with E-state index in [9.17, 15) is 9.59 Å². The van der Waals surface area contributed by atoms with Crippen molar-refractivity contribution in [3.8, 4) is 0 Å². The predicted molar refractivity (Wildman–Crippen MR) is 75.2 cm³/mol. The molecule has 2 heterocycles. The number of carbonyl (C=O) groups excluding carboxylic acids is 2. The maximum atomic E-state index is 12.2. The van der Waals surface area contributed by atoms with Crippen LogP contribution in [0.5, 0.6) is 0 Å². The van der Waals surface area contributed by atoms with Crippen LogP contribution in [0, 0.1) is 5.92 Å². The van der Waals surface area contributed by atoms with Crippen molar-refractivity contribution >= 4 is 11.8 Å². The molecule has 1 atom stereocenters. The molecule has 2 fully saturated rings. The molecule has 1 N–H and O–H groups in total. The zero-order chi connectivity index (χ0) is 14.4. The first-order valence-electron chi connectivity index (χ1n) is 7.51. The number of carbonyl (C=O) groups is 2. The number of rotatable bonds is 2. The van der Waals surface area contributed by atoms with Crippen molar-refractivity contribution < 1.29 is 14.3 Å². The van der Waals surface area contributed by atoms with E-state index >= 15 is 0 Å². The highest BCUT2D eigenvalue weighted by atomic mass is 16.5. The van der Waals surface area contributed by atoms with E-state index in [1.807, 2.05) is 0 Å². The molecule has 6 heteroatoms. The van der Waals surface area contributed by atoms with E-state index in [0.717, 1.165) is 39.0 Å². The monoisotopic (exact) mass is 283 g/mol. The summed E-state index contributed by atoms with van der Waals surface area (Å²) in [6, 6.07) is 0. The number of amides is 2. The van der Waals surface area contributed by atoms with E-state index in [1.165, 1.54) is 0 Å². The Morgan fingerprint density at radius 1 is 1.30 bits per heavy atom. The normalized spacial score (nSPS) is 24.1. The zero-order valence-corrected chi connectivity index (χ0v) is 12.3. The van der Waals surface area contributed by atoms with Crippen LogP contribution in [-0.4, -0.2) is 74.6 Å². The molecule has 0 aliphatic carbocycles. The summed E-state index contributed by atoms with van der Waals surface area (Å²) in [5.41, 5.74) is 0. The van der Waals surface area contributed by atoms with Gasteiger partial charge in [0.25, 0.3) is 0 Å². The van der Waals surface area contributed by atoms with Crippen molar-refractivity contribution in [2.24, 2.45) is 5.92 Å². The smallest absolute Gasteiger partial charge is 0.312 e. The Bertz CT molecular complexity index is 335. The van der Waals surface area contributed by atoms with Gasteiger partial charge in [-0.3, -0.25) is 9.59 Å². The van der Waals surface area contributed by atoms with Gasteiger partial charge in [-0.1, -0.05) is 0 Å². The molecule has 2 amide bonds. The van der Waals surface area contributed by atoms with Crippen molar-refractivity contribution in [1.29, 1.82) is 0 Å². The molecule has 20 heavy (non-hydrogen) atoms. The van der Waals surface area contributed by atoms with Gasteiger partial charge in [-0.25, -0.2) is 0 Å². The van der Waals surface area contributed by atoms with E-state index in [4.69, 9.17) is 4.74 Å². The van der Waals surface area contributed by atoms with Gasteiger partial charge in [-0.15, -0.1) is 0 Å². The summed E-state index contributed by atoms with van der Waals surface area (Å²) in [7, 11) is 1.71. The first kappa shape index (κ1) is 15.3. The highest BCUT2D eigenvalue weighted by Crippen LogP contribution is 2.14. The summed E-state index contributed by atoms with van der Waals surface area (Å²) >= 11 is 0. The standard InChI is InChI=1S/C14H25N3O3/c1-16(10-12-4-2-9-20-11-12)13(18)14(19)17-7-3-5-15-6-8-17/h12,15H,2-11H2,1H3. The second-order valence-electron chi connectivity index (χ2n) is 5.66. The third kappa shape index (κ3) is 4.18. The lowest BCUT2D eigenvalue weighted by atomic mass is 10.0. The minimum Gasteiger partial charge on any atom is -0.381 e. The van der Waals surface area contributed by atoms with E-state index < -0.39 is 5.91 Å². The van der Waals surface area contributed by atoms with E-state index in [0.29, 0.717) is 32.2 Å². The van der Waals surface area contributed by atoms with Crippen molar-refractivity contribution in [3.63, 3.8) is 0 Å². The Morgan fingerprint density at radius 3 is 2.90 bits per heavy atom. The summed E-state index contributed by atoms with van der Waals surface area (Å²) in [4.78, 5) is 27.6. The summed E-state index contributed by atoms with van der Waals surface area (Å²) < 4.78 is 5.41. The molecule has 6 nitrogen and oxygen atoms in total. The van der Waals surface area contributed by atoms with Crippen LogP contribution in [-0.2, 0) is 14.3 Å². The number of hydrogen-bond donors (Lipinski definition) is 1. The minimum atomic E-state index is -0.391. The summed E-state index contributed by atoms with van der Waals surface area (Å²) in [5, 5.41) is 3.23. The predicted octanol–water partition coefficient (Wildman–Crippen LogP) is -0.307. The molecule has 0 aromatic rings. The maximum Gasteiger partial charge on any atom is 0.312 e. The van der Waals surface area contributed by atoms with Crippen molar-refractivity contribution in [2.75, 3.05) is 53.0 Å². The van der Waals surface area contributed by atoms with Gasteiger partial charge in [-0.2, -0.15) is 0 Å². The lowest BCUT2D eigenvalue weighted by Gasteiger charge is -2.28. The van der Waals surface area contributed by atoms with E-state index in [2.05, 4.69) is 5.32 Å². The summed E-state index contributed by atoms with van der Waals surface area (Å²) in [6.07, 6.45) is 3.01. The van der Waals surface area contributed by atoms with Crippen LogP contribution < -0.4 is 5.32 Å². The molecule has 114 valence electrons. The van der Waals surface area contributed by atoms with Gasteiger partial charge in [0.15, 0.2) is 0 Å². The topological polar surface area (TPSA) is 61.9 Å². The van der Waals surface area contributed by atoms with Crippen LogP contribution in [0.25, 0.3) is 0 Å². The molecule has 2 rings (SSSR count). The Kier molecular flexibility index (Phi) is 5.79. The fourth-order valence-corrected chi connectivity index (χ4v) is 2.77. The number of hydrogen-bond acceptors (Lipinski definition) is 4. The molecule has 0 bridgehead atoms. The molecule has 0 spiro atoms. The van der Waals surface area contributed by atoms with Gasteiger partial charge < -0.3 is 19.9 Å². The molecule has 0 saturated carbocycles. The molecule has 0 aromatic carbocycles. The van der Waals surface area contributed by atoms with Gasteiger partial charge >= 0.3 is 11.8 Å². The molecule has 1 unspecified atom stereocenters. The second-order valence-corrected chi connectivity index (χ2v) is 5.66. The lowest BCUT2D eigenvalue weighted by molar-refractivity contribution is -0.151. The molecule has 0 radical (unpaired) electrons. The van der Waals surface area contributed by atoms with Gasteiger partial charge in [0.2, 0.25) is 0 Å². The maximum absolute atomic E-state index is 12.2. The summed E-state index contributed by atoms with van der Waals surface area (Å²) in [5.74, 6) is -0.401. The Hall–Kier alpha value is -1.14. The van der Waals surface area contributed by atoms with E-state index in [-0.39, 0.29) is 5.91 Å². The van der Waals surface area contributed by atoms with Gasteiger partial charge in [0.05, 0.1) is 6.61 Å². The fraction of sp³-hybridized carbons (Fsp3) is 0.857. The third-order valence-electron chi connectivity index (χ3n) is 3.94. The van der Waals surface area contributed by atoms with Crippen LogP contribution >= 0.6 is 0 Å². The zero-order valence-electron chi connectivity index (χ0n) is 12.3. The molecule has 2 aliphatic heterocycles. The average molecular weight is 283 g/mol. The van der Waals surface area contributed by atoms with Crippen LogP contribution in [0.3, 0.4) is 0 Å². The second kappa shape index (κ2) is 7.59. The van der Waals surface area contributed by atoms with Crippen LogP contribution in [0.2, 0.25) is 0 Å². The van der Waals surface area contributed by atoms with Crippen LogP contribution in [0.4, 0.5) is 0 Å². The Morgan fingerprint density at radius 2 is 2.15 bits per heavy atom. The largest absolute Gasteiger partial charge is 0.381 e. The Balaban J connectivity index is 1.83. The number of nitrogens with one attached hydrogen (secondary N) is 1. The molecule has 0 aromatic heterocycles. The molecule has 2 saturated heterocycles.